The van der Waals surface area contributed by atoms with Crippen molar-refractivity contribution in [2.75, 3.05) is 30.4 Å². The highest BCUT2D eigenvalue weighted by Gasteiger charge is 2.26. The number of rotatable bonds is 6. The number of methoxy groups -OCH3 is 1. The van der Waals surface area contributed by atoms with E-state index in [4.69, 9.17) is 4.74 Å². The lowest BCUT2D eigenvalue weighted by Gasteiger charge is -2.17. The maximum Gasteiger partial charge on any atom is 0.256 e. The van der Waals surface area contributed by atoms with E-state index in [0.29, 0.717) is 47.5 Å². The van der Waals surface area contributed by atoms with Crippen LogP contribution in [0.3, 0.4) is 0 Å². The first-order valence-electron chi connectivity index (χ1n) is 9.17. The monoisotopic (exact) mass is 386 g/mol. The van der Waals surface area contributed by atoms with E-state index in [9.17, 15) is 4.39 Å². The molecule has 3 aromatic heterocycles. The van der Waals surface area contributed by atoms with E-state index >= 15 is 0 Å². The minimum absolute atomic E-state index is 0.282. The first kappa shape index (κ1) is 18.2. The first-order chi connectivity index (χ1) is 13.5. The number of nitrogens with one attached hydrogen (secondary N) is 1. The molecule has 0 saturated carbocycles. The summed E-state index contributed by atoms with van der Waals surface area (Å²) < 4.78 is 22.6. The number of halogens is 1. The molecule has 9 nitrogen and oxygen atoms in total. The van der Waals surface area contributed by atoms with Crippen molar-refractivity contribution in [3.8, 4) is 5.88 Å². The van der Waals surface area contributed by atoms with E-state index in [0.717, 1.165) is 12.1 Å². The van der Waals surface area contributed by atoms with Gasteiger partial charge in [-0.15, -0.1) is 5.10 Å². The third kappa shape index (κ3) is 3.14. The van der Waals surface area contributed by atoms with Gasteiger partial charge in [0.05, 0.1) is 19.9 Å². The van der Waals surface area contributed by atoms with E-state index in [1.165, 1.54) is 0 Å². The first-order valence-corrected chi connectivity index (χ1v) is 9.17. The largest absolute Gasteiger partial charge is 0.478 e. The molecule has 0 unspecified atom stereocenters. The number of alkyl halides is 1. The third-order valence-corrected chi connectivity index (χ3v) is 4.79. The Balaban J connectivity index is 1.83. The third-order valence-electron chi connectivity index (χ3n) is 4.79. The van der Waals surface area contributed by atoms with E-state index in [-0.39, 0.29) is 6.54 Å². The summed E-state index contributed by atoms with van der Waals surface area (Å²) in [5, 5.41) is 7.50. The fourth-order valence-electron chi connectivity index (χ4n) is 3.25. The van der Waals surface area contributed by atoms with Crippen LogP contribution in [-0.4, -0.2) is 55.7 Å². The van der Waals surface area contributed by atoms with E-state index in [1.807, 2.05) is 16.4 Å². The number of imidazole rings is 1. The SMILES string of the molecule is C=C(CC)n1cnc2c(Nc3cn(C)nc3OC)nc(N3CC[C@H](F)C3)nc21. The van der Waals surface area contributed by atoms with Gasteiger partial charge in [0.25, 0.3) is 5.88 Å². The molecule has 1 fully saturated rings. The molecule has 0 aliphatic carbocycles. The molecule has 1 atom stereocenters. The van der Waals surface area contributed by atoms with Crippen LogP contribution in [0.25, 0.3) is 16.9 Å². The number of ether oxygens (including phenoxy) is 1. The van der Waals surface area contributed by atoms with Crippen LogP contribution in [0.4, 0.5) is 21.8 Å². The summed E-state index contributed by atoms with van der Waals surface area (Å²) in [6, 6.07) is 0. The van der Waals surface area contributed by atoms with Crippen molar-refractivity contribution in [2.24, 2.45) is 7.05 Å². The lowest BCUT2D eigenvalue weighted by atomic mass is 10.3. The van der Waals surface area contributed by atoms with E-state index < -0.39 is 6.17 Å². The van der Waals surface area contributed by atoms with Crippen LogP contribution in [0.15, 0.2) is 19.1 Å². The normalized spacial score (nSPS) is 16.7. The molecule has 0 radical (unpaired) electrons. The van der Waals surface area contributed by atoms with Gasteiger partial charge in [0, 0.05) is 19.3 Å². The number of fused-ring (bicyclic) bond motifs is 1. The molecule has 1 aliphatic rings. The Hall–Kier alpha value is -3.17. The molecule has 4 heterocycles. The average Bonchev–Trinajstić information content (AvgIpc) is 3.39. The number of anilines is 3. The van der Waals surface area contributed by atoms with Gasteiger partial charge < -0.3 is 15.0 Å². The lowest BCUT2D eigenvalue weighted by molar-refractivity contribution is 0.364. The Kier molecular flexibility index (Phi) is 4.62. The topological polar surface area (TPSA) is 85.9 Å². The van der Waals surface area contributed by atoms with Crippen molar-refractivity contribution in [3.63, 3.8) is 0 Å². The van der Waals surface area contributed by atoms with Gasteiger partial charge in [-0.1, -0.05) is 13.5 Å². The molecule has 1 aliphatic heterocycles. The number of hydrogen-bond donors (Lipinski definition) is 1. The van der Waals surface area contributed by atoms with Crippen molar-refractivity contribution in [1.82, 2.24) is 29.3 Å². The fourth-order valence-corrected chi connectivity index (χ4v) is 3.25. The Morgan fingerprint density at radius 1 is 1.43 bits per heavy atom. The molecule has 0 amide bonds. The maximum absolute atomic E-state index is 13.8. The Morgan fingerprint density at radius 2 is 2.25 bits per heavy atom. The van der Waals surface area contributed by atoms with E-state index in [2.05, 4.69) is 31.9 Å². The zero-order valence-electron chi connectivity index (χ0n) is 16.2. The molecule has 1 saturated heterocycles. The van der Waals surface area contributed by atoms with Crippen LogP contribution >= 0.6 is 0 Å². The highest BCUT2D eigenvalue weighted by molar-refractivity contribution is 5.88. The summed E-state index contributed by atoms with van der Waals surface area (Å²) in [5.74, 6) is 1.41. The van der Waals surface area contributed by atoms with Gasteiger partial charge in [0.15, 0.2) is 17.0 Å². The summed E-state index contributed by atoms with van der Waals surface area (Å²) in [6.45, 7) is 6.96. The smallest absolute Gasteiger partial charge is 0.256 e. The molecular weight excluding hydrogens is 363 g/mol. The summed E-state index contributed by atoms with van der Waals surface area (Å²) in [4.78, 5) is 15.6. The molecule has 148 valence electrons. The van der Waals surface area contributed by atoms with Crippen molar-refractivity contribution in [3.05, 3.63) is 19.1 Å². The predicted molar refractivity (Wildman–Crippen MR) is 106 cm³/mol. The van der Waals surface area contributed by atoms with Crippen molar-refractivity contribution < 1.29 is 9.13 Å². The molecule has 0 aromatic carbocycles. The number of hydrogen-bond acceptors (Lipinski definition) is 7. The second-order valence-corrected chi connectivity index (χ2v) is 6.76. The Morgan fingerprint density at radius 3 is 2.93 bits per heavy atom. The van der Waals surface area contributed by atoms with E-state index in [1.54, 1.807) is 31.4 Å². The van der Waals surface area contributed by atoms with Gasteiger partial charge in [0.2, 0.25) is 5.95 Å². The molecule has 28 heavy (non-hydrogen) atoms. The average molecular weight is 386 g/mol. The second kappa shape index (κ2) is 7.10. The van der Waals surface area contributed by atoms with Crippen LogP contribution in [0.1, 0.15) is 19.8 Å². The molecule has 1 N–H and O–H groups in total. The minimum Gasteiger partial charge on any atom is -0.478 e. The van der Waals surface area contributed by atoms with Crippen LogP contribution in [0, 0.1) is 0 Å². The highest BCUT2D eigenvalue weighted by Crippen LogP contribution is 2.31. The van der Waals surface area contributed by atoms with Crippen LogP contribution < -0.4 is 15.0 Å². The number of allylic oxidation sites excluding steroid dienone is 1. The molecular formula is C18H23FN8O. The lowest BCUT2D eigenvalue weighted by Crippen LogP contribution is -2.23. The van der Waals surface area contributed by atoms with Gasteiger partial charge in [-0.2, -0.15) is 9.97 Å². The summed E-state index contributed by atoms with van der Waals surface area (Å²) >= 11 is 0. The number of aromatic nitrogens is 6. The van der Waals surface area contributed by atoms with Crippen molar-refractivity contribution in [1.29, 1.82) is 0 Å². The van der Waals surface area contributed by atoms with Crippen molar-refractivity contribution >= 4 is 34.3 Å². The van der Waals surface area contributed by atoms with Gasteiger partial charge in [-0.05, 0) is 12.8 Å². The summed E-state index contributed by atoms with van der Waals surface area (Å²) in [6.07, 6.45) is 3.83. The molecule has 3 aromatic rings. The quantitative estimate of drug-likeness (QED) is 0.697. The van der Waals surface area contributed by atoms with Crippen LogP contribution in [0.5, 0.6) is 5.88 Å². The van der Waals surface area contributed by atoms with Gasteiger partial charge >= 0.3 is 0 Å². The predicted octanol–water partition coefficient (Wildman–Crippen LogP) is 2.74. The second-order valence-electron chi connectivity index (χ2n) is 6.76. The Labute approximate surface area is 161 Å². The zero-order chi connectivity index (χ0) is 19.8. The van der Waals surface area contributed by atoms with Crippen LogP contribution in [-0.2, 0) is 7.05 Å². The van der Waals surface area contributed by atoms with Gasteiger partial charge in [-0.3, -0.25) is 9.25 Å². The zero-order valence-corrected chi connectivity index (χ0v) is 16.2. The van der Waals surface area contributed by atoms with Gasteiger partial charge in [0.1, 0.15) is 18.2 Å². The molecule has 0 spiro atoms. The standard InChI is InChI=1S/C18H23FN8O/c1-5-11(2)27-10-20-14-15(21-13-9-25(3)24-17(13)28-4)22-18(23-16(14)27)26-7-6-12(19)8-26/h9-10,12H,2,5-8H2,1,3-4H3,(H,21,22,23)/t12-/m0/s1. The fraction of sp³-hybridized carbons (Fsp3) is 0.444. The molecule has 10 heteroatoms. The maximum atomic E-state index is 13.8. The minimum atomic E-state index is -0.871. The Bertz CT molecular complexity index is 1030. The summed E-state index contributed by atoms with van der Waals surface area (Å²) in [5.41, 5.74) is 2.75. The van der Waals surface area contributed by atoms with Gasteiger partial charge in [-0.25, -0.2) is 9.37 Å². The van der Waals surface area contributed by atoms with Crippen LogP contribution in [0.2, 0.25) is 0 Å². The number of nitrogens with zero attached hydrogens (tertiary/aromatic N) is 7. The highest BCUT2D eigenvalue weighted by atomic mass is 19.1. The summed E-state index contributed by atoms with van der Waals surface area (Å²) in [7, 11) is 3.36. The molecule has 4 rings (SSSR count). The molecule has 0 bridgehead atoms. The number of aryl methyl sites for hydroxylation is 1. The van der Waals surface area contributed by atoms with Crippen molar-refractivity contribution in [2.45, 2.75) is 25.9 Å².